The Kier molecular flexibility index (Phi) is 4.86. The molecule has 3 rings (SSSR count). The minimum atomic E-state index is -0.428. The Labute approximate surface area is 132 Å². The number of aliphatic hydroxyl groups excluding tert-OH is 1. The summed E-state index contributed by atoms with van der Waals surface area (Å²) in [6.07, 6.45) is 3.39. The van der Waals surface area contributed by atoms with Gasteiger partial charge in [-0.2, -0.15) is 0 Å². The van der Waals surface area contributed by atoms with E-state index in [9.17, 15) is 5.11 Å². The molecule has 1 saturated heterocycles. The van der Waals surface area contributed by atoms with Gasteiger partial charge in [-0.3, -0.25) is 9.88 Å². The van der Waals surface area contributed by atoms with Crippen LogP contribution >= 0.6 is 0 Å². The Balaban J connectivity index is 1.54. The number of aryl methyl sites for hydroxylation is 1. The van der Waals surface area contributed by atoms with E-state index >= 15 is 0 Å². The summed E-state index contributed by atoms with van der Waals surface area (Å²) in [7, 11) is 0. The van der Waals surface area contributed by atoms with Crippen molar-refractivity contribution in [1.82, 2.24) is 9.88 Å². The second kappa shape index (κ2) is 7.03. The number of likely N-dealkylation sites (tertiary alicyclic amines) is 1. The molecule has 1 aromatic carbocycles. The van der Waals surface area contributed by atoms with Crippen LogP contribution in [0.25, 0.3) is 0 Å². The Morgan fingerprint density at radius 3 is 2.68 bits per heavy atom. The first kappa shape index (κ1) is 15.2. The molecule has 2 heterocycles. The molecule has 2 aromatic rings. The average Bonchev–Trinajstić information content (AvgIpc) is 2.56. The maximum Gasteiger partial charge on any atom is 0.0988 e. The van der Waals surface area contributed by atoms with Crippen LogP contribution in [-0.2, 0) is 6.54 Å². The number of benzene rings is 1. The minimum Gasteiger partial charge on any atom is -0.387 e. The van der Waals surface area contributed by atoms with Gasteiger partial charge in [0, 0.05) is 12.7 Å². The fourth-order valence-corrected chi connectivity index (χ4v) is 3.29. The van der Waals surface area contributed by atoms with Crippen LogP contribution in [0.2, 0.25) is 0 Å². The van der Waals surface area contributed by atoms with Gasteiger partial charge in [0.2, 0.25) is 0 Å². The molecule has 0 spiro atoms. The highest BCUT2D eigenvalue weighted by Gasteiger charge is 2.26. The Morgan fingerprint density at radius 1 is 1.18 bits per heavy atom. The summed E-state index contributed by atoms with van der Waals surface area (Å²) in [4.78, 5) is 6.77. The van der Waals surface area contributed by atoms with E-state index in [1.807, 2.05) is 18.2 Å². The third-order valence-electron chi connectivity index (χ3n) is 4.56. The second-order valence-corrected chi connectivity index (χ2v) is 6.30. The van der Waals surface area contributed by atoms with Crippen LogP contribution in [0.1, 0.15) is 35.8 Å². The molecule has 1 atom stereocenters. The molecule has 1 aromatic heterocycles. The van der Waals surface area contributed by atoms with E-state index in [0.29, 0.717) is 5.92 Å². The number of hydrogen-bond acceptors (Lipinski definition) is 3. The van der Waals surface area contributed by atoms with Crippen LogP contribution in [0.3, 0.4) is 0 Å². The standard InChI is InChI=1S/C19H24N2O/c1-15-5-4-6-16(13-15)14-21-11-8-17(9-12-21)19(22)18-7-2-3-10-20-18/h2-7,10,13,17,19,22H,8-9,11-12,14H2,1H3. The fourth-order valence-electron chi connectivity index (χ4n) is 3.29. The summed E-state index contributed by atoms with van der Waals surface area (Å²) >= 11 is 0. The molecule has 0 amide bonds. The average molecular weight is 296 g/mol. The minimum absolute atomic E-state index is 0.323. The van der Waals surface area contributed by atoms with Crippen LogP contribution in [0.4, 0.5) is 0 Å². The van der Waals surface area contributed by atoms with Crippen molar-refractivity contribution in [1.29, 1.82) is 0 Å². The molecule has 0 bridgehead atoms. The Hall–Kier alpha value is -1.71. The van der Waals surface area contributed by atoms with Crippen LogP contribution in [0.15, 0.2) is 48.7 Å². The first-order valence-corrected chi connectivity index (χ1v) is 8.09. The molecule has 1 N–H and O–H groups in total. The lowest BCUT2D eigenvalue weighted by Crippen LogP contribution is -2.35. The van der Waals surface area contributed by atoms with E-state index in [-0.39, 0.29) is 0 Å². The molecule has 22 heavy (non-hydrogen) atoms. The van der Waals surface area contributed by atoms with Crippen LogP contribution in [-0.4, -0.2) is 28.1 Å². The second-order valence-electron chi connectivity index (χ2n) is 6.30. The maximum absolute atomic E-state index is 10.5. The summed E-state index contributed by atoms with van der Waals surface area (Å²) < 4.78 is 0. The Morgan fingerprint density at radius 2 is 2.00 bits per heavy atom. The lowest BCUT2D eigenvalue weighted by Gasteiger charge is -2.34. The number of rotatable bonds is 4. The van der Waals surface area contributed by atoms with Gasteiger partial charge in [0.1, 0.15) is 0 Å². The van der Waals surface area contributed by atoms with E-state index in [1.54, 1.807) is 6.20 Å². The van der Waals surface area contributed by atoms with E-state index in [0.717, 1.165) is 38.2 Å². The highest BCUT2D eigenvalue weighted by Crippen LogP contribution is 2.30. The molecule has 3 heteroatoms. The van der Waals surface area contributed by atoms with Gasteiger partial charge in [-0.05, 0) is 56.5 Å². The van der Waals surface area contributed by atoms with Gasteiger partial charge >= 0.3 is 0 Å². The molecule has 0 radical (unpaired) electrons. The summed E-state index contributed by atoms with van der Waals surface area (Å²) in [5, 5.41) is 10.5. The van der Waals surface area contributed by atoms with Crippen molar-refractivity contribution in [3.63, 3.8) is 0 Å². The summed E-state index contributed by atoms with van der Waals surface area (Å²) in [6, 6.07) is 14.5. The summed E-state index contributed by atoms with van der Waals surface area (Å²) in [6.45, 7) is 5.23. The predicted molar refractivity (Wildman–Crippen MR) is 88.4 cm³/mol. The number of piperidine rings is 1. The van der Waals surface area contributed by atoms with Crippen LogP contribution in [0, 0.1) is 12.8 Å². The number of aliphatic hydroxyl groups is 1. The number of aromatic nitrogens is 1. The number of nitrogens with zero attached hydrogens (tertiary/aromatic N) is 2. The zero-order valence-corrected chi connectivity index (χ0v) is 13.2. The molecule has 1 unspecified atom stereocenters. The summed E-state index contributed by atoms with van der Waals surface area (Å²) in [5.41, 5.74) is 3.50. The molecule has 1 fully saturated rings. The van der Waals surface area contributed by atoms with Gasteiger partial charge in [0.25, 0.3) is 0 Å². The molecule has 1 aliphatic heterocycles. The van der Waals surface area contributed by atoms with Gasteiger partial charge in [-0.25, -0.2) is 0 Å². The molecule has 3 nitrogen and oxygen atoms in total. The first-order valence-electron chi connectivity index (χ1n) is 8.09. The lowest BCUT2D eigenvalue weighted by atomic mass is 9.89. The molecule has 116 valence electrons. The van der Waals surface area contributed by atoms with Crippen LogP contribution in [0.5, 0.6) is 0 Å². The van der Waals surface area contributed by atoms with Crippen molar-refractivity contribution in [3.8, 4) is 0 Å². The Bertz CT molecular complexity index is 591. The van der Waals surface area contributed by atoms with E-state index < -0.39 is 6.10 Å². The predicted octanol–water partition coefficient (Wildman–Crippen LogP) is 3.34. The number of hydrogen-bond donors (Lipinski definition) is 1. The highest BCUT2D eigenvalue weighted by atomic mass is 16.3. The molecule has 0 saturated carbocycles. The third-order valence-corrected chi connectivity index (χ3v) is 4.56. The van der Waals surface area contributed by atoms with Gasteiger partial charge < -0.3 is 5.11 Å². The van der Waals surface area contributed by atoms with Crippen molar-refractivity contribution in [3.05, 3.63) is 65.5 Å². The lowest BCUT2D eigenvalue weighted by molar-refractivity contribution is 0.0540. The van der Waals surface area contributed by atoms with Crippen LogP contribution < -0.4 is 0 Å². The van der Waals surface area contributed by atoms with E-state index in [4.69, 9.17) is 0 Å². The van der Waals surface area contributed by atoms with Crippen molar-refractivity contribution < 1.29 is 5.11 Å². The van der Waals surface area contributed by atoms with Gasteiger partial charge in [-0.1, -0.05) is 35.9 Å². The molecular weight excluding hydrogens is 272 g/mol. The van der Waals surface area contributed by atoms with Gasteiger partial charge in [-0.15, -0.1) is 0 Å². The van der Waals surface area contributed by atoms with E-state index in [1.165, 1.54) is 11.1 Å². The largest absolute Gasteiger partial charge is 0.387 e. The zero-order valence-electron chi connectivity index (χ0n) is 13.2. The molecular formula is C19H24N2O. The fraction of sp³-hybridized carbons (Fsp3) is 0.421. The monoisotopic (exact) mass is 296 g/mol. The zero-order chi connectivity index (χ0) is 15.4. The molecule has 1 aliphatic rings. The van der Waals surface area contributed by atoms with Crippen molar-refractivity contribution >= 4 is 0 Å². The topological polar surface area (TPSA) is 36.4 Å². The summed E-state index contributed by atoms with van der Waals surface area (Å²) in [5.74, 6) is 0.323. The SMILES string of the molecule is Cc1cccc(CN2CCC(C(O)c3ccccn3)CC2)c1. The first-order chi connectivity index (χ1) is 10.7. The normalized spacial score (nSPS) is 18.3. The van der Waals surface area contributed by atoms with Gasteiger partial charge in [0.15, 0.2) is 0 Å². The van der Waals surface area contributed by atoms with Crippen molar-refractivity contribution in [2.24, 2.45) is 5.92 Å². The van der Waals surface area contributed by atoms with Crippen molar-refractivity contribution in [2.75, 3.05) is 13.1 Å². The molecule has 0 aliphatic carbocycles. The third kappa shape index (κ3) is 3.73. The maximum atomic E-state index is 10.5. The quantitative estimate of drug-likeness (QED) is 0.940. The number of pyridine rings is 1. The highest BCUT2D eigenvalue weighted by molar-refractivity contribution is 5.22. The van der Waals surface area contributed by atoms with E-state index in [2.05, 4.69) is 41.1 Å². The van der Waals surface area contributed by atoms with Gasteiger partial charge in [0.05, 0.1) is 11.8 Å². The van der Waals surface area contributed by atoms with Crippen molar-refractivity contribution in [2.45, 2.75) is 32.4 Å². The smallest absolute Gasteiger partial charge is 0.0988 e.